The van der Waals surface area contributed by atoms with E-state index in [2.05, 4.69) is 0 Å². The average Bonchev–Trinajstić information content (AvgIpc) is 2.70. The molecule has 3 N–H and O–H groups in total. The van der Waals surface area contributed by atoms with Crippen LogP contribution < -0.4 is 10.5 Å². The summed E-state index contributed by atoms with van der Waals surface area (Å²) in [7, 11) is 0. The lowest BCUT2D eigenvalue weighted by atomic mass is 9.79. The van der Waals surface area contributed by atoms with Crippen LogP contribution in [0.1, 0.15) is 23.5 Å². The van der Waals surface area contributed by atoms with E-state index < -0.39 is 29.6 Å². The number of benzene rings is 3. The van der Waals surface area contributed by atoms with Crippen molar-refractivity contribution in [2.24, 2.45) is 5.73 Å². The van der Waals surface area contributed by atoms with Gasteiger partial charge in [0.15, 0.2) is 11.6 Å². The molecule has 0 aliphatic heterocycles. The van der Waals surface area contributed by atoms with E-state index in [-0.39, 0.29) is 0 Å². The summed E-state index contributed by atoms with van der Waals surface area (Å²) in [4.78, 5) is 11.7. The first-order valence-electron chi connectivity index (χ1n) is 9.27. The summed E-state index contributed by atoms with van der Waals surface area (Å²) < 4.78 is 33.0. The van der Waals surface area contributed by atoms with Gasteiger partial charge in [-0.3, -0.25) is 4.79 Å². The molecule has 29 heavy (non-hydrogen) atoms. The van der Waals surface area contributed by atoms with E-state index in [1.807, 2.05) is 6.07 Å². The van der Waals surface area contributed by atoms with E-state index >= 15 is 0 Å². The van der Waals surface area contributed by atoms with Gasteiger partial charge < -0.3 is 15.6 Å². The number of halogens is 2. The third kappa shape index (κ3) is 3.71. The lowest BCUT2D eigenvalue weighted by Gasteiger charge is -2.28. The van der Waals surface area contributed by atoms with E-state index in [0.29, 0.717) is 41.0 Å². The molecule has 1 aliphatic rings. The molecule has 0 fully saturated rings. The van der Waals surface area contributed by atoms with Crippen LogP contribution in [0.25, 0.3) is 11.1 Å². The monoisotopic (exact) mass is 395 g/mol. The summed E-state index contributed by atoms with van der Waals surface area (Å²) in [5.41, 5.74) is 8.70. The van der Waals surface area contributed by atoms with Crippen LogP contribution in [0.15, 0.2) is 60.7 Å². The van der Waals surface area contributed by atoms with Crippen LogP contribution in [0.4, 0.5) is 8.78 Å². The Morgan fingerprint density at radius 1 is 1.03 bits per heavy atom. The molecule has 2 unspecified atom stereocenters. The molecule has 0 radical (unpaired) electrons. The van der Waals surface area contributed by atoms with Crippen LogP contribution >= 0.6 is 0 Å². The largest absolute Gasteiger partial charge is 0.481 e. The van der Waals surface area contributed by atoms with Crippen molar-refractivity contribution in [3.8, 4) is 22.6 Å². The number of carboxylic acid groups (broad SMARTS) is 1. The maximum absolute atomic E-state index is 13.7. The Labute approximate surface area is 166 Å². The van der Waals surface area contributed by atoms with E-state index in [0.717, 1.165) is 17.7 Å². The van der Waals surface area contributed by atoms with Crippen LogP contribution in [0, 0.1) is 11.6 Å². The Bertz CT molecular complexity index is 1080. The standard InChI is InChI=1S/C23H19F2NO3/c24-18-9-6-14(11-19(18)25)16-3-1-2-4-21(16)29-15-8-5-13-7-10-20(26)22(23(27)28)17(13)12-15/h1-6,8-9,11-12,20,22H,7,10,26H2,(H,27,28). The molecule has 2 atom stereocenters. The van der Waals surface area contributed by atoms with Crippen molar-refractivity contribution >= 4 is 5.97 Å². The van der Waals surface area contributed by atoms with Gasteiger partial charge in [0, 0.05) is 11.6 Å². The number of rotatable bonds is 4. The highest BCUT2D eigenvalue weighted by Crippen LogP contribution is 2.37. The number of nitrogens with two attached hydrogens (primary N) is 1. The van der Waals surface area contributed by atoms with Crippen molar-refractivity contribution in [1.82, 2.24) is 0 Å². The zero-order chi connectivity index (χ0) is 20.5. The number of aryl methyl sites for hydroxylation is 1. The second-order valence-corrected chi connectivity index (χ2v) is 7.11. The zero-order valence-electron chi connectivity index (χ0n) is 15.4. The highest BCUT2D eigenvalue weighted by atomic mass is 19.2. The predicted octanol–water partition coefficient (Wildman–Crippen LogP) is 4.87. The van der Waals surface area contributed by atoms with Gasteiger partial charge in [0.05, 0.1) is 5.92 Å². The molecule has 4 rings (SSSR count). The molecule has 0 saturated carbocycles. The number of para-hydroxylation sites is 1. The SMILES string of the molecule is NC1CCc2ccc(Oc3ccccc3-c3ccc(F)c(F)c3)cc2C1C(=O)O. The molecule has 3 aromatic carbocycles. The van der Waals surface area contributed by atoms with Crippen molar-refractivity contribution in [2.45, 2.75) is 24.8 Å². The van der Waals surface area contributed by atoms with Crippen molar-refractivity contribution < 1.29 is 23.4 Å². The van der Waals surface area contributed by atoms with E-state index in [9.17, 15) is 18.7 Å². The van der Waals surface area contributed by atoms with Crippen molar-refractivity contribution in [3.05, 3.63) is 83.4 Å². The minimum atomic E-state index is -0.960. The molecular weight excluding hydrogens is 376 g/mol. The van der Waals surface area contributed by atoms with Gasteiger partial charge in [-0.2, -0.15) is 0 Å². The Morgan fingerprint density at radius 2 is 1.83 bits per heavy atom. The summed E-state index contributed by atoms with van der Waals surface area (Å²) in [5, 5.41) is 9.59. The Morgan fingerprint density at radius 3 is 2.59 bits per heavy atom. The van der Waals surface area contributed by atoms with Gasteiger partial charge in [-0.05, 0) is 59.9 Å². The molecule has 0 saturated heterocycles. The van der Waals surface area contributed by atoms with Gasteiger partial charge in [0.25, 0.3) is 0 Å². The summed E-state index contributed by atoms with van der Waals surface area (Å²) in [5.74, 6) is -2.70. The number of hydrogen-bond acceptors (Lipinski definition) is 3. The summed E-state index contributed by atoms with van der Waals surface area (Å²) >= 11 is 0. The molecule has 148 valence electrons. The molecular formula is C23H19F2NO3. The number of fused-ring (bicyclic) bond motifs is 1. The predicted molar refractivity (Wildman–Crippen MR) is 105 cm³/mol. The normalized spacial score (nSPS) is 18.2. The number of hydrogen-bond donors (Lipinski definition) is 2. The van der Waals surface area contributed by atoms with E-state index in [1.165, 1.54) is 6.07 Å². The van der Waals surface area contributed by atoms with Gasteiger partial charge in [-0.25, -0.2) is 8.78 Å². The summed E-state index contributed by atoms with van der Waals surface area (Å²) in [6.45, 7) is 0. The van der Waals surface area contributed by atoms with Crippen LogP contribution in [-0.4, -0.2) is 17.1 Å². The molecule has 0 spiro atoms. The second-order valence-electron chi connectivity index (χ2n) is 7.11. The minimum absolute atomic E-state index is 0.449. The summed E-state index contributed by atoms with van der Waals surface area (Å²) in [6, 6.07) is 15.6. The molecule has 0 heterocycles. The van der Waals surface area contributed by atoms with Crippen LogP contribution in [0.5, 0.6) is 11.5 Å². The van der Waals surface area contributed by atoms with Crippen molar-refractivity contribution in [3.63, 3.8) is 0 Å². The fraction of sp³-hybridized carbons (Fsp3) is 0.174. The maximum atomic E-state index is 13.7. The lowest BCUT2D eigenvalue weighted by molar-refractivity contribution is -0.139. The molecule has 0 aromatic heterocycles. The Hall–Kier alpha value is -3.25. The quantitative estimate of drug-likeness (QED) is 0.661. The maximum Gasteiger partial charge on any atom is 0.312 e. The van der Waals surface area contributed by atoms with Crippen LogP contribution in [0.2, 0.25) is 0 Å². The third-order valence-corrected chi connectivity index (χ3v) is 5.24. The van der Waals surface area contributed by atoms with Crippen LogP contribution in [0.3, 0.4) is 0 Å². The highest BCUT2D eigenvalue weighted by Gasteiger charge is 2.33. The number of carbonyl (C=O) groups is 1. The minimum Gasteiger partial charge on any atom is -0.481 e. The van der Waals surface area contributed by atoms with Gasteiger partial charge in [-0.15, -0.1) is 0 Å². The van der Waals surface area contributed by atoms with Gasteiger partial charge in [0.2, 0.25) is 0 Å². The number of aliphatic carboxylic acids is 1. The first-order chi connectivity index (χ1) is 13.9. The fourth-order valence-electron chi connectivity index (χ4n) is 3.77. The molecule has 4 nitrogen and oxygen atoms in total. The number of carboxylic acids is 1. The first kappa shape index (κ1) is 19.1. The van der Waals surface area contributed by atoms with Gasteiger partial charge in [0.1, 0.15) is 11.5 Å². The van der Waals surface area contributed by atoms with E-state index in [1.54, 1.807) is 36.4 Å². The van der Waals surface area contributed by atoms with Crippen LogP contribution in [-0.2, 0) is 11.2 Å². The smallest absolute Gasteiger partial charge is 0.312 e. The molecule has 0 amide bonds. The fourth-order valence-corrected chi connectivity index (χ4v) is 3.77. The second kappa shape index (κ2) is 7.64. The third-order valence-electron chi connectivity index (χ3n) is 5.24. The van der Waals surface area contributed by atoms with Gasteiger partial charge >= 0.3 is 5.97 Å². The highest BCUT2D eigenvalue weighted by molar-refractivity contribution is 5.78. The van der Waals surface area contributed by atoms with Crippen molar-refractivity contribution in [1.29, 1.82) is 0 Å². The Balaban J connectivity index is 1.71. The Kier molecular flexibility index (Phi) is 5.03. The molecule has 0 bridgehead atoms. The average molecular weight is 395 g/mol. The molecule has 3 aromatic rings. The van der Waals surface area contributed by atoms with Crippen molar-refractivity contribution in [2.75, 3.05) is 0 Å². The molecule has 1 aliphatic carbocycles. The lowest BCUT2D eigenvalue weighted by Crippen LogP contribution is -2.37. The number of ether oxygens (including phenoxy) is 1. The summed E-state index contributed by atoms with van der Waals surface area (Å²) in [6.07, 6.45) is 1.33. The topological polar surface area (TPSA) is 72.5 Å². The zero-order valence-corrected chi connectivity index (χ0v) is 15.4. The van der Waals surface area contributed by atoms with E-state index in [4.69, 9.17) is 10.5 Å². The molecule has 6 heteroatoms. The van der Waals surface area contributed by atoms with Gasteiger partial charge in [-0.1, -0.05) is 30.3 Å². The first-order valence-corrected chi connectivity index (χ1v) is 9.27.